The van der Waals surface area contributed by atoms with Crippen LogP contribution in [0.2, 0.25) is 0 Å². The predicted octanol–water partition coefficient (Wildman–Crippen LogP) is -1.74. The van der Waals surface area contributed by atoms with Crippen molar-refractivity contribution in [1.29, 1.82) is 0 Å². The lowest BCUT2D eigenvalue weighted by Gasteiger charge is -2.39. The summed E-state index contributed by atoms with van der Waals surface area (Å²) in [6.07, 6.45) is -15.7. The average Bonchev–Trinajstić information content (AvgIpc) is 3.00. The fourth-order valence-electron chi connectivity index (χ4n) is 4.97. The van der Waals surface area contributed by atoms with E-state index < -0.39 is 90.3 Å². The molecule has 0 radical (unpaired) electrons. The quantitative estimate of drug-likeness (QED) is 0.141. The Balaban J connectivity index is 1.62. The summed E-state index contributed by atoms with van der Waals surface area (Å²) in [6, 6.07) is 6.03. The highest BCUT2D eigenvalue weighted by Crippen LogP contribution is 2.40. The molecule has 16 heteroatoms. The minimum atomic E-state index is -1.90. The topological polar surface area (TPSA) is 258 Å². The third-order valence-corrected chi connectivity index (χ3v) is 7.49. The van der Waals surface area contributed by atoms with Gasteiger partial charge in [0.05, 0.1) is 19.8 Å². The maximum atomic E-state index is 13.8. The molecule has 1 aromatic heterocycles. The molecular weight excluding hydrogens is 592 g/mol. The highest BCUT2D eigenvalue weighted by molar-refractivity contribution is 5.88. The van der Waals surface area contributed by atoms with Gasteiger partial charge >= 0.3 is 0 Å². The van der Waals surface area contributed by atoms with Gasteiger partial charge in [0.2, 0.25) is 23.8 Å². The molecule has 2 aliphatic rings. The van der Waals surface area contributed by atoms with E-state index in [2.05, 4.69) is 0 Å². The molecule has 240 valence electrons. The zero-order chi connectivity index (χ0) is 32.0. The maximum absolute atomic E-state index is 13.8. The van der Waals surface area contributed by atoms with Crippen LogP contribution >= 0.6 is 0 Å². The Labute approximate surface area is 248 Å². The van der Waals surface area contributed by atoms with Gasteiger partial charge in [-0.15, -0.1) is 0 Å². The first-order valence-corrected chi connectivity index (χ1v) is 13.4. The van der Waals surface area contributed by atoms with Gasteiger partial charge < -0.3 is 74.1 Å². The van der Waals surface area contributed by atoms with E-state index in [-0.39, 0.29) is 34.2 Å². The summed E-state index contributed by atoms with van der Waals surface area (Å²) in [6.45, 7) is 0.680. The van der Waals surface area contributed by atoms with Gasteiger partial charge in [0.15, 0.2) is 17.3 Å². The second-order valence-electron chi connectivity index (χ2n) is 10.4. The molecule has 0 saturated carbocycles. The number of hydrogen-bond donors (Lipinski definition) is 9. The number of benzene rings is 2. The first-order chi connectivity index (χ1) is 20.9. The van der Waals surface area contributed by atoms with Crippen molar-refractivity contribution in [3.63, 3.8) is 0 Å². The SMILES string of the molecule is COc1cc(-c2oc3cc(O[C@@H]4OC(C)[C@H](O)[C@H](O)C4O)cc(O)c3c(=O)c2O[C@@H]2OC(CO)[C@@H](O)C(O)C2O)ccc1O. The third kappa shape index (κ3) is 5.63. The van der Waals surface area contributed by atoms with Crippen molar-refractivity contribution in [2.24, 2.45) is 0 Å². The zero-order valence-electron chi connectivity index (χ0n) is 23.3. The minimum Gasteiger partial charge on any atom is -0.507 e. The molecule has 2 saturated heterocycles. The van der Waals surface area contributed by atoms with Crippen molar-refractivity contribution >= 4 is 11.0 Å². The van der Waals surface area contributed by atoms with Gasteiger partial charge in [0, 0.05) is 17.7 Å². The molecule has 16 nitrogen and oxygen atoms in total. The summed E-state index contributed by atoms with van der Waals surface area (Å²) in [5, 5.41) is 91.4. The molecule has 2 fully saturated rings. The number of fused-ring (bicyclic) bond motifs is 1. The van der Waals surface area contributed by atoms with Crippen LogP contribution in [0.25, 0.3) is 22.3 Å². The molecule has 0 bridgehead atoms. The Morgan fingerprint density at radius 1 is 0.795 bits per heavy atom. The van der Waals surface area contributed by atoms with Crippen molar-refractivity contribution in [2.75, 3.05) is 13.7 Å². The van der Waals surface area contributed by atoms with Gasteiger partial charge in [-0.3, -0.25) is 4.79 Å². The molecule has 0 amide bonds. The zero-order valence-corrected chi connectivity index (χ0v) is 23.3. The molecule has 5 rings (SSSR count). The van der Waals surface area contributed by atoms with Gasteiger partial charge in [-0.05, 0) is 25.1 Å². The smallest absolute Gasteiger partial charge is 0.239 e. The van der Waals surface area contributed by atoms with E-state index in [4.69, 9.17) is 28.1 Å². The maximum Gasteiger partial charge on any atom is 0.239 e. The normalized spacial score (nSPS) is 32.4. The number of rotatable bonds is 7. The number of aromatic hydroxyl groups is 2. The third-order valence-electron chi connectivity index (χ3n) is 7.49. The summed E-state index contributed by atoms with van der Waals surface area (Å²) < 4.78 is 33.3. The number of aliphatic hydroxyl groups is 7. The average molecular weight is 625 g/mol. The van der Waals surface area contributed by atoms with Gasteiger partial charge in [-0.2, -0.15) is 0 Å². The standard InChI is InChI=1S/C28H32O16/c1-9-18(32)21(35)23(37)27(40-9)41-11-6-13(31)17-15(7-11)42-25(10-3-4-12(30)14(5-10)39-2)26(20(17)34)44-28-24(38)22(36)19(33)16(8-29)43-28/h3-7,9,16,18-19,21-24,27-33,35-38H,8H2,1-2H3/t9?,16?,18-,19+,21-,22?,23?,24?,27-,28-/m0/s1. The molecule has 44 heavy (non-hydrogen) atoms. The first-order valence-electron chi connectivity index (χ1n) is 13.4. The minimum absolute atomic E-state index is 0.0257. The van der Waals surface area contributed by atoms with Crippen LogP contribution in [-0.2, 0) is 9.47 Å². The Hall–Kier alpha value is -3.71. The van der Waals surface area contributed by atoms with Crippen molar-refractivity contribution in [3.8, 4) is 40.1 Å². The highest BCUT2D eigenvalue weighted by atomic mass is 16.7. The van der Waals surface area contributed by atoms with Crippen LogP contribution in [0.4, 0.5) is 0 Å². The number of aliphatic hydroxyl groups excluding tert-OH is 7. The highest BCUT2D eigenvalue weighted by Gasteiger charge is 2.46. The number of hydrogen-bond acceptors (Lipinski definition) is 16. The number of methoxy groups -OCH3 is 1. The number of phenolic OH excluding ortho intramolecular Hbond substituents is 2. The van der Waals surface area contributed by atoms with Gasteiger partial charge in [0.25, 0.3) is 0 Å². The fourth-order valence-corrected chi connectivity index (χ4v) is 4.97. The van der Waals surface area contributed by atoms with E-state index in [0.29, 0.717) is 0 Å². The van der Waals surface area contributed by atoms with Gasteiger partial charge in [-0.1, -0.05) is 0 Å². The predicted molar refractivity (Wildman–Crippen MR) is 145 cm³/mol. The summed E-state index contributed by atoms with van der Waals surface area (Å²) in [4.78, 5) is 13.8. The van der Waals surface area contributed by atoms with Crippen LogP contribution < -0.4 is 19.6 Å². The van der Waals surface area contributed by atoms with Crippen LogP contribution in [0.15, 0.2) is 39.5 Å². The Morgan fingerprint density at radius 2 is 1.45 bits per heavy atom. The Morgan fingerprint density at radius 3 is 2.11 bits per heavy atom. The van der Waals surface area contributed by atoms with Crippen molar-refractivity contribution in [2.45, 2.75) is 68.3 Å². The van der Waals surface area contributed by atoms with Crippen LogP contribution in [0.5, 0.6) is 28.7 Å². The van der Waals surface area contributed by atoms with E-state index in [0.717, 1.165) is 6.07 Å². The van der Waals surface area contributed by atoms with Crippen LogP contribution in [0.1, 0.15) is 6.92 Å². The van der Waals surface area contributed by atoms with Gasteiger partial charge in [0.1, 0.15) is 65.2 Å². The monoisotopic (exact) mass is 624 g/mol. The van der Waals surface area contributed by atoms with Crippen LogP contribution in [0, 0.1) is 0 Å². The molecule has 0 spiro atoms. The second-order valence-corrected chi connectivity index (χ2v) is 10.4. The summed E-state index contributed by atoms with van der Waals surface area (Å²) in [5.74, 6) is -2.08. The summed E-state index contributed by atoms with van der Waals surface area (Å²) in [7, 11) is 1.28. The van der Waals surface area contributed by atoms with E-state index in [1.165, 1.54) is 38.3 Å². The largest absolute Gasteiger partial charge is 0.507 e. The van der Waals surface area contributed by atoms with E-state index in [1.807, 2.05) is 0 Å². The van der Waals surface area contributed by atoms with Crippen molar-refractivity contribution < 1.29 is 74.1 Å². The Bertz CT molecular complexity index is 1550. The van der Waals surface area contributed by atoms with E-state index in [1.54, 1.807) is 0 Å². The summed E-state index contributed by atoms with van der Waals surface area (Å²) in [5.41, 5.74) is -1.16. The number of ether oxygens (including phenoxy) is 5. The second kappa shape index (κ2) is 12.4. The van der Waals surface area contributed by atoms with E-state index >= 15 is 0 Å². The van der Waals surface area contributed by atoms with Crippen LogP contribution in [0.3, 0.4) is 0 Å². The molecule has 5 unspecified atom stereocenters. The lowest BCUT2D eigenvalue weighted by Crippen LogP contribution is -2.60. The van der Waals surface area contributed by atoms with Gasteiger partial charge in [-0.25, -0.2) is 0 Å². The first kappa shape index (κ1) is 31.7. The molecule has 2 aliphatic heterocycles. The molecule has 3 heterocycles. The molecular formula is C28H32O16. The van der Waals surface area contributed by atoms with Crippen molar-refractivity contribution in [3.05, 3.63) is 40.6 Å². The Kier molecular flexibility index (Phi) is 8.90. The molecule has 2 aromatic carbocycles. The van der Waals surface area contributed by atoms with Crippen molar-refractivity contribution in [1.82, 2.24) is 0 Å². The summed E-state index contributed by atoms with van der Waals surface area (Å²) >= 11 is 0. The molecule has 9 N–H and O–H groups in total. The molecule has 3 aromatic rings. The lowest BCUT2D eigenvalue weighted by molar-refractivity contribution is -0.277. The fraction of sp³-hybridized carbons (Fsp3) is 0.464. The van der Waals surface area contributed by atoms with Crippen LogP contribution in [-0.4, -0.2) is 121 Å². The molecule has 0 aliphatic carbocycles. The van der Waals surface area contributed by atoms with E-state index in [9.17, 15) is 50.8 Å². The lowest BCUT2D eigenvalue weighted by atomic mass is 9.99. The molecule has 10 atom stereocenters. The number of phenols is 2.